The minimum atomic E-state index is -0.198. The topological polar surface area (TPSA) is 56.2 Å². The summed E-state index contributed by atoms with van der Waals surface area (Å²) in [4.78, 5) is 17.0. The zero-order valence-electron chi connectivity index (χ0n) is 15.0. The van der Waals surface area contributed by atoms with Crippen LogP contribution >= 0.6 is 11.6 Å². The number of benzene rings is 2. The normalized spacial score (nSPS) is 12.8. The first-order valence-corrected chi connectivity index (χ1v) is 8.94. The van der Waals surface area contributed by atoms with Crippen LogP contribution in [0.5, 0.6) is 5.75 Å². The highest BCUT2D eigenvalue weighted by Gasteiger charge is 2.18. The first-order chi connectivity index (χ1) is 13.0. The van der Waals surface area contributed by atoms with E-state index in [2.05, 4.69) is 10.3 Å². The van der Waals surface area contributed by atoms with Gasteiger partial charge in [-0.25, -0.2) is 4.98 Å². The van der Waals surface area contributed by atoms with Gasteiger partial charge in [-0.1, -0.05) is 17.7 Å². The Labute approximate surface area is 162 Å². The van der Waals surface area contributed by atoms with Gasteiger partial charge in [-0.3, -0.25) is 4.79 Å². The lowest BCUT2D eigenvalue weighted by Gasteiger charge is -2.18. The molecule has 136 valence electrons. The third-order valence-electron chi connectivity index (χ3n) is 4.61. The fourth-order valence-corrected chi connectivity index (χ4v) is 3.16. The summed E-state index contributed by atoms with van der Waals surface area (Å²) in [5, 5.41) is 3.55. The van der Waals surface area contributed by atoms with Gasteiger partial charge in [0.25, 0.3) is 5.91 Å². The van der Waals surface area contributed by atoms with Crippen molar-refractivity contribution >= 4 is 29.3 Å². The Morgan fingerprint density at radius 3 is 2.85 bits per heavy atom. The van der Waals surface area contributed by atoms with Crippen molar-refractivity contribution in [2.24, 2.45) is 0 Å². The van der Waals surface area contributed by atoms with Crippen LogP contribution in [0.2, 0.25) is 5.02 Å². The highest BCUT2D eigenvalue weighted by Crippen LogP contribution is 2.29. The van der Waals surface area contributed by atoms with Crippen molar-refractivity contribution in [1.82, 2.24) is 9.55 Å². The molecule has 0 fully saturated rings. The van der Waals surface area contributed by atoms with Gasteiger partial charge in [-0.2, -0.15) is 0 Å². The predicted octanol–water partition coefficient (Wildman–Crippen LogP) is 4.56. The van der Waals surface area contributed by atoms with Crippen LogP contribution in [0.15, 0.2) is 54.4 Å². The van der Waals surface area contributed by atoms with Crippen molar-refractivity contribution < 1.29 is 9.53 Å². The summed E-state index contributed by atoms with van der Waals surface area (Å²) in [5.74, 6) is 0.528. The molecule has 0 unspecified atom stereocenters. The van der Waals surface area contributed by atoms with Crippen molar-refractivity contribution in [1.29, 1.82) is 0 Å². The molecule has 5 nitrogen and oxygen atoms in total. The van der Waals surface area contributed by atoms with E-state index in [-0.39, 0.29) is 12.5 Å². The minimum absolute atomic E-state index is 0.198. The second kappa shape index (κ2) is 6.93. The summed E-state index contributed by atoms with van der Waals surface area (Å²) >= 11 is 6.03. The monoisotopic (exact) mass is 379 g/mol. The molecule has 0 atom stereocenters. The third-order valence-corrected chi connectivity index (χ3v) is 4.85. The van der Waals surface area contributed by atoms with Crippen LogP contribution < -0.4 is 10.1 Å². The minimum Gasteiger partial charge on any atom is -0.488 e. The van der Waals surface area contributed by atoms with E-state index in [1.54, 1.807) is 18.5 Å². The highest BCUT2D eigenvalue weighted by atomic mass is 35.5. The number of imidazole rings is 1. The van der Waals surface area contributed by atoms with Gasteiger partial charge in [-0.15, -0.1) is 0 Å². The van der Waals surface area contributed by atoms with E-state index in [4.69, 9.17) is 16.3 Å². The highest BCUT2D eigenvalue weighted by molar-refractivity contribution is 6.30. The van der Waals surface area contributed by atoms with Crippen LogP contribution in [-0.4, -0.2) is 22.1 Å². The molecule has 1 aliphatic rings. The first kappa shape index (κ1) is 17.4. The number of hydrogen-bond acceptors (Lipinski definition) is 3. The van der Waals surface area contributed by atoms with E-state index in [1.165, 1.54) is 0 Å². The van der Waals surface area contributed by atoms with E-state index in [9.17, 15) is 4.79 Å². The van der Waals surface area contributed by atoms with Gasteiger partial charge in [0.05, 0.1) is 17.6 Å². The number of nitrogens with one attached hydrogen (secondary N) is 1. The van der Waals surface area contributed by atoms with Gasteiger partial charge in [-0.05, 0) is 56.3 Å². The van der Waals surface area contributed by atoms with Crippen LogP contribution in [0, 0.1) is 13.8 Å². The largest absolute Gasteiger partial charge is 0.488 e. The van der Waals surface area contributed by atoms with Gasteiger partial charge < -0.3 is 14.6 Å². The Kier molecular flexibility index (Phi) is 4.46. The number of carbonyl (C=O) groups excluding carboxylic acids is 1. The summed E-state index contributed by atoms with van der Waals surface area (Å²) < 4.78 is 7.65. The predicted molar refractivity (Wildman–Crippen MR) is 107 cm³/mol. The molecule has 0 aliphatic carbocycles. The quantitative estimate of drug-likeness (QED) is 0.725. The van der Waals surface area contributed by atoms with Gasteiger partial charge >= 0.3 is 0 Å². The Morgan fingerprint density at radius 1 is 1.22 bits per heavy atom. The second-order valence-electron chi connectivity index (χ2n) is 6.43. The number of hydrogen-bond donors (Lipinski definition) is 1. The van der Waals surface area contributed by atoms with Gasteiger partial charge in [0.1, 0.15) is 12.4 Å². The number of rotatable bonds is 3. The molecule has 1 aromatic heterocycles. The van der Waals surface area contributed by atoms with Gasteiger partial charge in [0.15, 0.2) is 0 Å². The lowest BCUT2D eigenvalue weighted by molar-refractivity contribution is -0.113. The molecule has 1 amide bonds. The van der Waals surface area contributed by atoms with Crippen LogP contribution in [0.4, 0.5) is 5.69 Å². The molecule has 2 heterocycles. The molecule has 27 heavy (non-hydrogen) atoms. The smallest absolute Gasteiger partial charge is 0.255 e. The number of ether oxygens (including phenoxy) is 1. The Bertz CT molecular complexity index is 1070. The summed E-state index contributed by atoms with van der Waals surface area (Å²) in [6.07, 6.45) is 3.59. The lowest BCUT2D eigenvalue weighted by atomic mass is 10.1. The molecule has 0 bridgehead atoms. The maximum absolute atomic E-state index is 12.7. The Hall–Kier alpha value is -3.05. The van der Waals surface area contributed by atoms with E-state index < -0.39 is 0 Å². The number of aryl methyl sites for hydroxylation is 1. The molecule has 4 rings (SSSR count). The van der Waals surface area contributed by atoms with Crippen molar-refractivity contribution in [2.45, 2.75) is 13.8 Å². The molecule has 1 aliphatic heterocycles. The van der Waals surface area contributed by atoms with Crippen LogP contribution in [0.25, 0.3) is 11.8 Å². The fourth-order valence-electron chi connectivity index (χ4n) is 2.98. The molecule has 0 saturated carbocycles. The summed E-state index contributed by atoms with van der Waals surface area (Å²) in [6.45, 7) is 4.21. The maximum Gasteiger partial charge on any atom is 0.255 e. The molecule has 1 N–H and O–H groups in total. The molecular weight excluding hydrogens is 362 g/mol. The van der Waals surface area contributed by atoms with E-state index in [0.717, 1.165) is 28.4 Å². The first-order valence-electron chi connectivity index (χ1n) is 8.56. The van der Waals surface area contributed by atoms with E-state index >= 15 is 0 Å². The van der Waals surface area contributed by atoms with E-state index in [0.29, 0.717) is 16.3 Å². The number of halogens is 1. The van der Waals surface area contributed by atoms with Crippen LogP contribution in [0.3, 0.4) is 0 Å². The van der Waals surface area contributed by atoms with Crippen molar-refractivity contribution in [3.63, 3.8) is 0 Å². The van der Waals surface area contributed by atoms with Gasteiger partial charge in [0, 0.05) is 27.7 Å². The zero-order valence-corrected chi connectivity index (χ0v) is 15.7. The number of anilines is 1. The fraction of sp³-hybridized carbons (Fsp3) is 0.143. The number of amides is 1. The zero-order chi connectivity index (χ0) is 19.0. The Balaban J connectivity index is 1.57. The lowest BCUT2D eigenvalue weighted by Crippen LogP contribution is -2.21. The average molecular weight is 380 g/mol. The van der Waals surface area contributed by atoms with Crippen LogP contribution in [0.1, 0.15) is 17.0 Å². The number of nitrogens with zero attached hydrogens (tertiary/aromatic N) is 2. The molecular formula is C21H18ClN3O2. The molecule has 0 spiro atoms. The molecule has 0 saturated heterocycles. The van der Waals surface area contributed by atoms with Crippen molar-refractivity contribution in [3.8, 4) is 11.4 Å². The van der Waals surface area contributed by atoms with Crippen molar-refractivity contribution in [2.75, 3.05) is 11.9 Å². The maximum atomic E-state index is 12.7. The standard InChI is InChI=1S/C21H18ClN3O2/c1-13-14(2)25(12-23-13)19-5-3-4-18(10-19)24-21(26)16-8-15-9-17(22)6-7-20(15)27-11-16/h3-10,12H,11H2,1-2H3,(H,24,26). The second-order valence-corrected chi connectivity index (χ2v) is 6.87. The number of fused-ring (bicyclic) bond motifs is 1. The molecule has 6 heteroatoms. The number of carbonyl (C=O) groups is 1. The van der Waals surface area contributed by atoms with Crippen molar-refractivity contribution in [3.05, 3.63) is 76.3 Å². The van der Waals surface area contributed by atoms with Gasteiger partial charge in [0.2, 0.25) is 0 Å². The average Bonchev–Trinajstić information content (AvgIpc) is 3.00. The summed E-state index contributed by atoms with van der Waals surface area (Å²) in [7, 11) is 0. The summed E-state index contributed by atoms with van der Waals surface area (Å²) in [6, 6.07) is 13.0. The molecule has 3 aromatic rings. The third kappa shape index (κ3) is 3.46. The van der Waals surface area contributed by atoms with E-state index in [1.807, 2.05) is 54.8 Å². The Morgan fingerprint density at radius 2 is 2.07 bits per heavy atom. The molecule has 0 radical (unpaired) electrons. The number of aromatic nitrogens is 2. The van der Waals surface area contributed by atoms with Crippen LogP contribution in [-0.2, 0) is 4.79 Å². The SMILES string of the molecule is Cc1ncn(-c2cccc(NC(=O)C3=Cc4cc(Cl)ccc4OC3)c2)c1C. The molecule has 2 aromatic carbocycles. The summed E-state index contributed by atoms with van der Waals surface area (Å²) in [5.41, 5.74) is 5.04.